The van der Waals surface area contributed by atoms with Gasteiger partial charge >= 0.3 is 0 Å². The first kappa shape index (κ1) is 20.2. The van der Waals surface area contributed by atoms with Gasteiger partial charge in [0.05, 0.1) is 6.04 Å². The molecule has 5 nitrogen and oxygen atoms in total. The molecule has 30 heavy (non-hydrogen) atoms. The van der Waals surface area contributed by atoms with Gasteiger partial charge in [-0.05, 0) is 44.0 Å². The molecule has 156 valence electrons. The van der Waals surface area contributed by atoms with E-state index in [9.17, 15) is 9.59 Å². The second-order valence-electron chi connectivity index (χ2n) is 8.29. The maximum Gasteiger partial charge on any atom is 0.254 e. The van der Waals surface area contributed by atoms with Crippen molar-refractivity contribution in [2.24, 2.45) is 0 Å². The van der Waals surface area contributed by atoms with Crippen LogP contribution in [0.1, 0.15) is 40.4 Å². The number of H-pyrrole nitrogens is 1. The van der Waals surface area contributed by atoms with Crippen molar-refractivity contribution in [3.8, 4) is 0 Å². The molecule has 1 aliphatic heterocycles. The number of para-hydroxylation sites is 1. The van der Waals surface area contributed by atoms with Crippen molar-refractivity contribution in [1.29, 1.82) is 0 Å². The van der Waals surface area contributed by atoms with Crippen LogP contribution < -0.4 is 0 Å². The average Bonchev–Trinajstić information content (AvgIpc) is 3.15. The zero-order valence-corrected chi connectivity index (χ0v) is 17.9. The standard InChI is InChI=1S/C25H29N3O2/c1-4-24(29)27-9-10-28(25(30)19-12-17(2)11-18(3)13-19)21(16-27)14-20-15-26-23-8-6-5-7-22(20)23/h5-8,11-13,15,21,26H,4,9-10,14,16H2,1-3H3/t21-/m1/s1. The molecular formula is C25H29N3O2. The predicted molar refractivity (Wildman–Crippen MR) is 120 cm³/mol. The molecule has 1 N–H and O–H groups in total. The fraction of sp³-hybridized carbons (Fsp3) is 0.360. The molecular weight excluding hydrogens is 374 g/mol. The Morgan fingerprint density at radius 1 is 1.07 bits per heavy atom. The number of carbonyl (C=O) groups is 2. The lowest BCUT2D eigenvalue weighted by molar-refractivity contribution is -0.133. The molecule has 3 aromatic rings. The highest BCUT2D eigenvalue weighted by Crippen LogP contribution is 2.24. The summed E-state index contributed by atoms with van der Waals surface area (Å²) in [6.07, 6.45) is 3.24. The number of aromatic nitrogens is 1. The van der Waals surface area contributed by atoms with Gasteiger partial charge < -0.3 is 14.8 Å². The maximum absolute atomic E-state index is 13.5. The predicted octanol–water partition coefficient (Wildman–Crippen LogP) is 4.09. The van der Waals surface area contributed by atoms with Crippen molar-refractivity contribution in [1.82, 2.24) is 14.8 Å². The lowest BCUT2D eigenvalue weighted by atomic mass is 9.99. The number of hydrogen-bond donors (Lipinski definition) is 1. The zero-order chi connectivity index (χ0) is 21.3. The van der Waals surface area contributed by atoms with Gasteiger partial charge in [-0.2, -0.15) is 0 Å². The first-order chi connectivity index (χ1) is 14.5. The summed E-state index contributed by atoms with van der Waals surface area (Å²) in [7, 11) is 0. The number of rotatable bonds is 4. The molecule has 2 aromatic carbocycles. The van der Waals surface area contributed by atoms with E-state index in [-0.39, 0.29) is 17.9 Å². The van der Waals surface area contributed by atoms with Crippen molar-refractivity contribution < 1.29 is 9.59 Å². The topological polar surface area (TPSA) is 56.4 Å². The van der Waals surface area contributed by atoms with Crippen molar-refractivity contribution in [2.45, 2.75) is 39.7 Å². The van der Waals surface area contributed by atoms with Gasteiger partial charge in [-0.15, -0.1) is 0 Å². The summed E-state index contributed by atoms with van der Waals surface area (Å²) in [5.74, 6) is 0.202. The number of fused-ring (bicyclic) bond motifs is 1. The third kappa shape index (κ3) is 3.97. The Kier molecular flexibility index (Phi) is 5.62. The smallest absolute Gasteiger partial charge is 0.254 e. The Morgan fingerprint density at radius 2 is 1.80 bits per heavy atom. The van der Waals surface area contributed by atoms with Crippen LogP contribution in [0.3, 0.4) is 0 Å². The first-order valence-corrected chi connectivity index (χ1v) is 10.7. The molecule has 0 bridgehead atoms. The second-order valence-corrected chi connectivity index (χ2v) is 8.29. The normalized spacial score (nSPS) is 16.8. The zero-order valence-electron chi connectivity index (χ0n) is 17.9. The minimum Gasteiger partial charge on any atom is -0.361 e. The molecule has 0 aliphatic carbocycles. The van der Waals surface area contributed by atoms with Gasteiger partial charge in [-0.1, -0.05) is 42.3 Å². The van der Waals surface area contributed by atoms with Gasteiger partial charge in [0.1, 0.15) is 0 Å². The van der Waals surface area contributed by atoms with E-state index in [1.165, 1.54) is 10.9 Å². The second kappa shape index (κ2) is 8.34. The molecule has 0 saturated carbocycles. The van der Waals surface area contributed by atoms with Gasteiger partial charge in [0.2, 0.25) is 5.91 Å². The number of hydrogen-bond acceptors (Lipinski definition) is 2. The SMILES string of the molecule is CCC(=O)N1CCN(C(=O)c2cc(C)cc(C)c2)[C@H](Cc2c[nH]c3ccccc23)C1. The highest BCUT2D eigenvalue weighted by Gasteiger charge is 2.33. The largest absolute Gasteiger partial charge is 0.361 e. The summed E-state index contributed by atoms with van der Waals surface area (Å²) < 4.78 is 0. The summed E-state index contributed by atoms with van der Waals surface area (Å²) in [4.78, 5) is 33.1. The molecule has 2 heterocycles. The Morgan fingerprint density at radius 3 is 2.53 bits per heavy atom. The number of aromatic amines is 1. The Labute approximate surface area is 177 Å². The number of aryl methyl sites for hydroxylation is 2. The first-order valence-electron chi connectivity index (χ1n) is 10.7. The van der Waals surface area contributed by atoms with E-state index in [1.807, 2.05) is 61.0 Å². The van der Waals surface area contributed by atoms with Crippen molar-refractivity contribution in [3.63, 3.8) is 0 Å². The lowest BCUT2D eigenvalue weighted by Crippen LogP contribution is -2.57. The maximum atomic E-state index is 13.5. The summed E-state index contributed by atoms with van der Waals surface area (Å²) in [5.41, 5.74) is 5.18. The molecule has 1 atom stereocenters. The molecule has 5 heteroatoms. The molecule has 0 unspecified atom stereocenters. The van der Waals surface area contributed by atoms with Crippen molar-refractivity contribution in [2.75, 3.05) is 19.6 Å². The third-order valence-electron chi connectivity index (χ3n) is 6.00. The van der Waals surface area contributed by atoms with E-state index in [2.05, 4.69) is 23.2 Å². The summed E-state index contributed by atoms with van der Waals surface area (Å²) in [6, 6.07) is 14.2. The number of carbonyl (C=O) groups excluding carboxylic acids is 2. The summed E-state index contributed by atoms with van der Waals surface area (Å²) in [6.45, 7) is 7.65. The van der Waals surface area contributed by atoms with Crippen LogP contribution in [-0.2, 0) is 11.2 Å². The molecule has 1 aliphatic rings. The fourth-order valence-electron chi connectivity index (χ4n) is 4.57. The highest BCUT2D eigenvalue weighted by atomic mass is 16.2. The molecule has 1 aromatic heterocycles. The number of benzene rings is 2. The van der Waals surface area contributed by atoms with Gasteiger partial charge in [0.15, 0.2) is 0 Å². The monoisotopic (exact) mass is 403 g/mol. The van der Waals surface area contributed by atoms with Gasteiger partial charge in [-0.25, -0.2) is 0 Å². The van der Waals surface area contributed by atoms with E-state index in [4.69, 9.17) is 0 Å². The van der Waals surface area contributed by atoms with E-state index >= 15 is 0 Å². The van der Waals surface area contributed by atoms with Crippen LogP contribution in [-0.4, -0.2) is 52.3 Å². The Hall–Kier alpha value is -3.08. The van der Waals surface area contributed by atoms with Gasteiger partial charge in [-0.3, -0.25) is 9.59 Å². The van der Waals surface area contributed by atoms with Crippen molar-refractivity contribution >= 4 is 22.7 Å². The van der Waals surface area contributed by atoms with Crippen LogP contribution in [0.25, 0.3) is 10.9 Å². The quantitative estimate of drug-likeness (QED) is 0.713. The Bertz CT molecular complexity index is 1060. The third-order valence-corrected chi connectivity index (χ3v) is 6.00. The van der Waals surface area contributed by atoms with Gasteiger partial charge in [0.25, 0.3) is 5.91 Å². The fourth-order valence-corrected chi connectivity index (χ4v) is 4.57. The molecule has 0 spiro atoms. The molecule has 4 rings (SSSR count). The van der Waals surface area contributed by atoms with E-state index < -0.39 is 0 Å². The van der Waals surface area contributed by atoms with E-state index in [1.54, 1.807) is 0 Å². The van der Waals surface area contributed by atoms with E-state index in [0.29, 0.717) is 32.5 Å². The number of nitrogens with one attached hydrogen (secondary N) is 1. The molecule has 0 radical (unpaired) electrons. The molecule has 1 fully saturated rings. The van der Waals surface area contributed by atoms with Crippen LogP contribution in [0.15, 0.2) is 48.7 Å². The van der Waals surface area contributed by atoms with Crippen molar-refractivity contribution in [3.05, 3.63) is 70.9 Å². The number of nitrogens with zero attached hydrogens (tertiary/aromatic N) is 2. The van der Waals surface area contributed by atoms with Crippen LogP contribution in [0.2, 0.25) is 0 Å². The Balaban J connectivity index is 1.65. The minimum atomic E-state index is -0.0539. The summed E-state index contributed by atoms with van der Waals surface area (Å²) in [5, 5.41) is 1.18. The van der Waals surface area contributed by atoms with E-state index in [0.717, 1.165) is 22.2 Å². The van der Waals surface area contributed by atoms with Crippen LogP contribution in [0.5, 0.6) is 0 Å². The van der Waals surface area contributed by atoms with Crippen LogP contribution in [0.4, 0.5) is 0 Å². The number of amides is 2. The van der Waals surface area contributed by atoms with Crippen LogP contribution in [0, 0.1) is 13.8 Å². The van der Waals surface area contributed by atoms with Crippen LogP contribution >= 0.6 is 0 Å². The molecule has 1 saturated heterocycles. The highest BCUT2D eigenvalue weighted by molar-refractivity contribution is 5.95. The summed E-state index contributed by atoms with van der Waals surface area (Å²) >= 11 is 0. The lowest BCUT2D eigenvalue weighted by Gasteiger charge is -2.41. The average molecular weight is 404 g/mol. The minimum absolute atomic E-state index is 0.0511. The number of piperazine rings is 1. The molecule has 2 amide bonds. The van der Waals surface area contributed by atoms with Gasteiger partial charge in [0, 0.05) is 48.7 Å².